The van der Waals surface area contributed by atoms with Crippen molar-refractivity contribution in [3.05, 3.63) is 48.4 Å². The van der Waals surface area contributed by atoms with Crippen LogP contribution in [0.5, 0.6) is 0 Å². The van der Waals surface area contributed by atoms with E-state index in [0.29, 0.717) is 5.56 Å². The maximum absolute atomic E-state index is 12.1. The van der Waals surface area contributed by atoms with Crippen molar-refractivity contribution in [3.63, 3.8) is 0 Å². The maximum Gasteiger partial charge on any atom is 0.310 e. The van der Waals surface area contributed by atoms with E-state index in [1.54, 1.807) is 44.6 Å². The fourth-order valence-electron chi connectivity index (χ4n) is 1.75. The third-order valence-corrected chi connectivity index (χ3v) is 3.25. The van der Waals surface area contributed by atoms with E-state index in [1.165, 1.54) is 0 Å². The Morgan fingerprint density at radius 3 is 2.62 bits per heavy atom. The Hall–Kier alpha value is -2.56. The van der Waals surface area contributed by atoms with Crippen LogP contribution in [0.4, 0.5) is 0 Å². The summed E-state index contributed by atoms with van der Waals surface area (Å²) < 4.78 is 5.02. The van der Waals surface area contributed by atoms with E-state index in [2.05, 4.69) is 5.32 Å². The van der Waals surface area contributed by atoms with E-state index in [0.717, 1.165) is 11.1 Å². The number of benzene rings is 1. The summed E-state index contributed by atoms with van der Waals surface area (Å²) in [6.45, 7) is 3.20. The normalized spacial score (nSPS) is 11.1. The molecule has 21 heavy (non-hydrogen) atoms. The molecule has 1 aromatic heterocycles. The summed E-state index contributed by atoms with van der Waals surface area (Å²) in [6, 6.07) is 8.90. The Balaban J connectivity index is 2.10. The molecule has 0 radical (unpaired) electrons. The minimum atomic E-state index is -1.00. The fourth-order valence-corrected chi connectivity index (χ4v) is 1.75. The molecule has 5 heteroatoms. The lowest BCUT2D eigenvalue weighted by Crippen LogP contribution is -2.38. The van der Waals surface area contributed by atoms with Crippen LogP contribution in [0.2, 0.25) is 0 Å². The molecule has 2 aromatic rings. The van der Waals surface area contributed by atoms with Crippen LogP contribution in [0.15, 0.2) is 47.3 Å². The number of hydrogen-bond donors (Lipinski definition) is 2. The van der Waals surface area contributed by atoms with Crippen molar-refractivity contribution in [3.8, 4) is 11.1 Å². The zero-order valence-corrected chi connectivity index (χ0v) is 11.9. The molecule has 1 amide bonds. The van der Waals surface area contributed by atoms with E-state index in [1.807, 2.05) is 12.1 Å². The molecule has 0 bridgehead atoms. The quantitative estimate of drug-likeness (QED) is 0.886. The largest absolute Gasteiger partial charge is 0.481 e. The van der Waals surface area contributed by atoms with Crippen molar-refractivity contribution in [2.24, 2.45) is 5.41 Å². The van der Waals surface area contributed by atoms with Crippen molar-refractivity contribution in [1.82, 2.24) is 5.32 Å². The number of carboxylic acid groups (broad SMARTS) is 1. The van der Waals surface area contributed by atoms with Gasteiger partial charge in [0.05, 0.1) is 17.9 Å². The molecule has 2 N–H and O–H groups in total. The van der Waals surface area contributed by atoms with Gasteiger partial charge in [-0.3, -0.25) is 9.59 Å². The highest BCUT2D eigenvalue weighted by molar-refractivity contribution is 5.95. The molecule has 0 fully saturated rings. The van der Waals surface area contributed by atoms with Crippen molar-refractivity contribution in [1.29, 1.82) is 0 Å². The Labute approximate surface area is 122 Å². The zero-order chi connectivity index (χ0) is 15.5. The van der Waals surface area contributed by atoms with Gasteiger partial charge in [0, 0.05) is 17.7 Å². The lowest BCUT2D eigenvalue weighted by molar-refractivity contribution is -0.146. The number of amides is 1. The van der Waals surface area contributed by atoms with E-state index in [-0.39, 0.29) is 12.5 Å². The molecule has 0 aliphatic heterocycles. The molecule has 0 aliphatic rings. The molecule has 0 spiro atoms. The van der Waals surface area contributed by atoms with Crippen LogP contribution in [-0.4, -0.2) is 23.5 Å². The highest BCUT2D eigenvalue weighted by atomic mass is 16.4. The van der Waals surface area contributed by atoms with Crippen LogP contribution in [-0.2, 0) is 4.79 Å². The molecule has 0 aliphatic carbocycles. The first-order valence-corrected chi connectivity index (χ1v) is 6.54. The average Bonchev–Trinajstić information content (AvgIpc) is 2.99. The third-order valence-electron chi connectivity index (χ3n) is 3.25. The van der Waals surface area contributed by atoms with Crippen LogP contribution < -0.4 is 5.32 Å². The van der Waals surface area contributed by atoms with Gasteiger partial charge in [0.2, 0.25) is 0 Å². The molecule has 0 unspecified atom stereocenters. The first-order valence-electron chi connectivity index (χ1n) is 6.54. The molecule has 1 heterocycles. The van der Waals surface area contributed by atoms with Gasteiger partial charge in [0.25, 0.3) is 5.91 Å². The highest BCUT2D eigenvalue weighted by Crippen LogP contribution is 2.21. The minimum Gasteiger partial charge on any atom is -0.481 e. The minimum absolute atomic E-state index is 0.0666. The fraction of sp³-hybridized carbons (Fsp3) is 0.250. The van der Waals surface area contributed by atoms with Gasteiger partial charge in [0.1, 0.15) is 0 Å². The second-order valence-electron chi connectivity index (χ2n) is 5.46. The van der Waals surface area contributed by atoms with Crippen LogP contribution in [0.3, 0.4) is 0 Å². The maximum atomic E-state index is 12.1. The Morgan fingerprint density at radius 1 is 1.24 bits per heavy atom. The van der Waals surface area contributed by atoms with Crippen molar-refractivity contribution >= 4 is 11.9 Å². The van der Waals surface area contributed by atoms with Crippen molar-refractivity contribution in [2.45, 2.75) is 13.8 Å². The zero-order valence-electron chi connectivity index (χ0n) is 11.9. The summed E-state index contributed by atoms with van der Waals surface area (Å²) in [7, 11) is 0. The summed E-state index contributed by atoms with van der Waals surface area (Å²) in [4.78, 5) is 23.1. The number of nitrogens with one attached hydrogen (secondary N) is 1. The van der Waals surface area contributed by atoms with E-state index >= 15 is 0 Å². The van der Waals surface area contributed by atoms with Gasteiger partial charge in [-0.25, -0.2) is 0 Å². The molecule has 0 atom stereocenters. The van der Waals surface area contributed by atoms with Gasteiger partial charge < -0.3 is 14.8 Å². The van der Waals surface area contributed by atoms with Gasteiger partial charge in [-0.1, -0.05) is 12.1 Å². The van der Waals surface area contributed by atoms with Crippen molar-refractivity contribution < 1.29 is 19.1 Å². The Morgan fingerprint density at radius 2 is 2.00 bits per heavy atom. The first kappa shape index (κ1) is 14.8. The van der Waals surface area contributed by atoms with Gasteiger partial charge >= 0.3 is 5.97 Å². The van der Waals surface area contributed by atoms with Gasteiger partial charge in [-0.05, 0) is 37.6 Å². The molecule has 2 rings (SSSR count). The van der Waals surface area contributed by atoms with Gasteiger partial charge in [-0.2, -0.15) is 0 Å². The topological polar surface area (TPSA) is 79.5 Å². The highest BCUT2D eigenvalue weighted by Gasteiger charge is 2.27. The number of carboxylic acids is 1. The molecule has 110 valence electrons. The first-order chi connectivity index (χ1) is 9.90. The summed E-state index contributed by atoms with van der Waals surface area (Å²) in [5.74, 6) is -1.25. The summed E-state index contributed by atoms with van der Waals surface area (Å²) >= 11 is 0. The second-order valence-corrected chi connectivity index (χ2v) is 5.46. The summed E-state index contributed by atoms with van der Waals surface area (Å²) in [6.07, 6.45) is 3.17. The average molecular weight is 287 g/mol. The molecule has 1 aromatic carbocycles. The summed E-state index contributed by atoms with van der Waals surface area (Å²) in [5, 5.41) is 11.7. The van der Waals surface area contributed by atoms with Gasteiger partial charge in [-0.15, -0.1) is 0 Å². The smallest absolute Gasteiger partial charge is 0.310 e. The standard InChI is InChI=1S/C16H17NO4/c1-16(2,15(19)20)10-17-14(18)12-5-3-4-11(8-12)13-6-7-21-9-13/h3-9H,10H2,1-2H3,(H,17,18)(H,19,20). The van der Waals surface area contributed by atoms with Crippen molar-refractivity contribution in [2.75, 3.05) is 6.54 Å². The predicted octanol–water partition coefficient (Wildman–Crippen LogP) is 2.79. The Kier molecular flexibility index (Phi) is 4.12. The molecule has 0 saturated heterocycles. The monoisotopic (exact) mass is 287 g/mol. The molecular weight excluding hydrogens is 270 g/mol. The number of rotatable bonds is 5. The van der Waals surface area contributed by atoms with E-state index in [4.69, 9.17) is 9.52 Å². The number of carbonyl (C=O) groups excluding carboxylic acids is 1. The van der Waals surface area contributed by atoms with Crippen LogP contribution in [0, 0.1) is 5.41 Å². The lowest BCUT2D eigenvalue weighted by atomic mass is 9.94. The van der Waals surface area contributed by atoms with Crippen LogP contribution in [0.25, 0.3) is 11.1 Å². The molecule has 0 saturated carbocycles. The lowest BCUT2D eigenvalue weighted by Gasteiger charge is -2.19. The molecular formula is C16H17NO4. The third kappa shape index (κ3) is 3.51. The number of furan rings is 1. The van der Waals surface area contributed by atoms with E-state index < -0.39 is 11.4 Å². The van der Waals surface area contributed by atoms with Crippen LogP contribution >= 0.6 is 0 Å². The number of aliphatic carboxylic acids is 1. The molecule has 5 nitrogen and oxygen atoms in total. The number of carbonyl (C=O) groups is 2. The predicted molar refractivity (Wildman–Crippen MR) is 77.9 cm³/mol. The summed E-state index contributed by atoms with van der Waals surface area (Å²) in [5.41, 5.74) is 1.23. The van der Waals surface area contributed by atoms with E-state index in [9.17, 15) is 9.59 Å². The Bertz CT molecular complexity index is 644. The number of hydrogen-bond acceptors (Lipinski definition) is 3. The van der Waals surface area contributed by atoms with Crippen LogP contribution in [0.1, 0.15) is 24.2 Å². The SMILES string of the molecule is CC(C)(CNC(=O)c1cccc(-c2ccoc2)c1)C(=O)O. The second kappa shape index (κ2) is 5.83. The van der Waals surface area contributed by atoms with Gasteiger partial charge in [0.15, 0.2) is 0 Å².